The Labute approximate surface area is 139 Å². The van der Waals surface area contributed by atoms with Crippen LogP contribution in [0.15, 0.2) is 0 Å². The summed E-state index contributed by atoms with van der Waals surface area (Å²) in [5.74, 6) is 0.970. The van der Waals surface area contributed by atoms with Crippen LogP contribution in [0.5, 0.6) is 0 Å². The van der Waals surface area contributed by atoms with Crippen molar-refractivity contribution in [1.29, 1.82) is 0 Å². The van der Waals surface area contributed by atoms with Crippen LogP contribution in [-0.2, 0) is 0 Å². The first-order valence-corrected chi connectivity index (χ1v) is 9.61. The Hall–Kier alpha value is -0.120. The molecule has 0 bridgehead atoms. The maximum atomic E-state index is 2.72. The van der Waals surface area contributed by atoms with Gasteiger partial charge >= 0.3 is 0 Å². The van der Waals surface area contributed by atoms with Crippen molar-refractivity contribution >= 4 is 0 Å². The Morgan fingerprint density at radius 2 is 1.55 bits per heavy atom. The monoisotopic (exact) mass is 309 g/mol. The summed E-state index contributed by atoms with van der Waals surface area (Å²) in [7, 11) is 0. The summed E-state index contributed by atoms with van der Waals surface area (Å²) in [5, 5.41) is 0. The number of hydrogen-bond donors (Lipinski definition) is 0. The van der Waals surface area contributed by atoms with Gasteiger partial charge in [0.2, 0.25) is 0 Å². The predicted molar refractivity (Wildman–Crippen MR) is 96.4 cm³/mol. The van der Waals surface area contributed by atoms with Crippen LogP contribution in [0.4, 0.5) is 0 Å². The van der Waals surface area contributed by atoms with Gasteiger partial charge in [-0.2, -0.15) is 0 Å². The first-order valence-electron chi connectivity index (χ1n) is 9.61. The zero-order chi connectivity index (χ0) is 16.2. The Kier molecular flexibility index (Phi) is 6.73. The van der Waals surface area contributed by atoms with E-state index in [1.165, 1.54) is 71.5 Å². The molecular formula is C19H39N3. The standard InChI is InChI=1S/C19H39N3/c1-6-20-13-15-21(16-14-20)17(2)7-8-18-9-11-22(12-10-18)19(3,4)5/h17-18H,6-16H2,1-5H3. The van der Waals surface area contributed by atoms with E-state index in [1.54, 1.807) is 0 Å². The summed E-state index contributed by atoms with van der Waals surface area (Å²) >= 11 is 0. The molecule has 2 aliphatic rings. The highest BCUT2D eigenvalue weighted by molar-refractivity contribution is 4.83. The highest BCUT2D eigenvalue weighted by Gasteiger charge is 2.27. The van der Waals surface area contributed by atoms with Crippen LogP contribution >= 0.6 is 0 Å². The van der Waals surface area contributed by atoms with Crippen LogP contribution in [0, 0.1) is 5.92 Å². The fourth-order valence-electron chi connectivity index (χ4n) is 4.07. The van der Waals surface area contributed by atoms with Crippen LogP contribution in [0.25, 0.3) is 0 Å². The third kappa shape index (κ3) is 5.21. The van der Waals surface area contributed by atoms with Crippen molar-refractivity contribution in [3.05, 3.63) is 0 Å². The van der Waals surface area contributed by atoms with E-state index in [9.17, 15) is 0 Å². The zero-order valence-electron chi connectivity index (χ0n) is 15.8. The highest BCUT2D eigenvalue weighted by atomic mass is 15.3. The van der Waals surface area contributed by atoms with E-state index in [0.717, 1.165) is 12.0 Å². The summed E-state index contributed by atoms with van der Waals surface area (Å²) in [6.07, 6.45) is 5.65. The van der Waals surface area contributed by atoms with Gasteiger partial charge in [-0.1, -0.05) is 6.92 Å². The SMILES string of the molecule is CCN1CCN(C(C)CCC2CCN(C(C)(C)C)CC2)CC1. The maximum Gasteiger partial charge on any atom is 0.0125 e. The molecule has 22 heavy (non-hydrogen) atoms. The fourth-order valence-corrected chi connectivity index (χ4v) is 4.07. The average Bonchev–Trinajstić information content (AvgIpc) is 2.52. The van der Waals surface area contributed by atoms with Crippen molar-refractivity contribution in [1.82, 2.24) is 14.7 Å². The summed E-state index contributed by atoms with van der Waals surface area (Å²) in [6, 6.07) is 0.777. The lowest BCUT2D eigenvalue weighted by atomic mass is 9.88. The van der Waals surface area contributed by atoms with Crippen LogP contribution in [0.3, 0.4) is 0 Å². The molecule has 1 unspecified atom stereocenters. The quantitative estimate of drug-likeness (QED) is 0.771. The molecule has 0 N–H and O–H groups in total. The average molecular weight is 310 g/mol. The lowest BCUT2D eigenvalue weighted by molar-refractivity contribution is 0.0748. The number of likely N-dealkylation sites (tertiary alicyclic amines) is 1. The second kappa shape index (κ2) is 8.12. The van der Waals surface area contributed by atoms with Crippen molar-refractivity contribution in [2.24, 2.45) is 5.92 Å². The zero-order valence-corrected chi connectivity index (χ0v) is 15.8. The van der Waals surface area contributed by atoms with E-state index in [-0.39, 0.29) is 0 Å². The van der Waals surface area contributed by atoms with Crippen molar-refractivity contribution in [2.45, 2.75) is 71.9 Å². The molecule has 0 aliphatic carbocycles. The van der Waals surface area contributed by atoms with E-state index in [2.05, 4.69) is 49.3 Å². The van der Waals surface area contributed by atoms with Crippen molar-refractivity contribution in [2.75, 3.05) is 45.8 Å². The van der Waals surface area contributed by atoms with Crippen LogP contribution in [-0.4, -0.2) is 72.1 Å². The van der Waals surface area contributed by atoms with E-state index < -0.39 is 0 Å². The number of rotatable bonds is 5. The lowest BCUT2D eigenvalue weighted by Gasteiger charge is -2.41. The van der Waals surface area contributed by atoms with Gasteiger partial charge in [-0.05, 0) is 78.9 Å². The highest BCUT2D eigenvalue weighted by Crippen LogP contribution is 2.27. The van der Waals surface area contributed by atoms with Gasteiger partial charge in [-0.25, -0.2) is 0 Å². The molecule has 0 amide bonds. The van der Waals surface area contributed by atoms with Crippen LogP contribution in [0.1, 0.15) is 60.3 Å². The third-order valence-corrected chi connectivity index (χ3v) is 6.03. The molecule has 0 aromatic heterocycles. The molecule has 2 fully saturated rings. The summed E-state index contributed by atoms with van der Waals surface area (Å²) in [4.78, 5) is 7.96. The molecule has 3 nitrogen and oxygen atoms in total. The molecule has 1 atom stereocenters. The second-order valence-corrected chi connectivity index (χ2v) is 8.50. The number of nitrogens with zero attached hydrogens (tertiary/aromatic N) is 3. The largest absolute Gasteiger partial charge is 0.301 e. The molecule has 130 valence electrons. The molecule has 2 saturated heterocycles. The molecule has 0 radical (unpaired) electrons. The number of hydrogen-bond acceptors (Lipinski definition) is 3. The number of piperazine rings is 1. The topological polar surface area (TPSA) is 9.72 Å². The van der Waals surface area contributed by atoms with E-state index in [1.807, 2.05) is 0 Å². The van der Waals surface area contributed by atoms with Gasteiger partial charge < -0.3 is 4.90 Å². The lowest BCUT2D eigenvalue weighted by Crippen LogP contribution is -2.49. The molecule has 2 heterocycles. The Morgan fingerprint density at radius 3 is 2.05 bits per heavy atom. The number of piperidine rings is 1. The van der Waals surface area contributed by atoms with Gasteiger partial charge in [0.05, 0.1) is 0 Å². The molecular weight excluding hydrogens is 270 g/mol. The van der Waals surface area contributed by atoms with E-state index in [4.69, 9.17) is 0 Å². The summed E-state index contributed by atoms with van der Waals surface area (Å²) in [6.45, 7) is 20.7. The Balaban J connectivity index is 1.64. The van der Waals surface area contributed by atoms with Gasteiger partial charge in [-0.15, -0.1) is 0 Å². The second-order valence-electron chi connectivity index (χ2n) is 8.50. The molecule has 2 rings (SSSR count). The molecule has 2 aliphatic heterocycles. The van der Waals surface area contributed by atoms with Crippen molar-refractivity contribution < 1.29 is 0 Å². The normalized spacial score (nSPS) is 25.5. The summed E-state index contributed by atoms with van der Waals surface area (Å²) in [5.41, 5.74) is 0.358. The van der Waals surface area contributed by atoms with Gasteiger partial charge in [0.15, 0.2) is 0 Å². The van der Waals surface area contributed by atoms with Gasteiger partial charge in [0.25, 0.3) is 0 Å². The molecule has 0 spiro atoms. The minimum absolute atomic E-state index is 0.358. The minimum atomic E-state index is 0.358. The molecule has 0 saturated carbocycles. The van der Waals surface area contributed by atoms with Crippen molar-refractivity contribution in [3.63, 3.8) is 0 Å². The summed E-state index contributed by atoms with van der Waals surface area (Å²) < 4.78 is 0. The van der Waals surface area contributed by atoms with Crippen LogP contribution < -0.4 is 0 Å². The first-order chi connectivity index (χ1) is 10.4. The van der Waals surface area contributed by atoms with E-state index >= 15 is 0 Å². The third-order valence-electron chi connectivity index (χ3n) is 6.03. The Bertz CT molecular complexity index is 307. The van der Waals surface area contributed by atoms with E-state index in [0.29, 0.717) is 5.54 Å². The van der Waals surface area contributed by atoms with Gasteiger partial charge in [0.1, 0.15) is 0 Å². The molecule has 0 aromatic carbocycles. The molecule has 3 heteroatoms. The molecule has 0 aromatic rings. The van der Waals surface area contributed by atoms with Crippen molar-refractivity contribution in [3.8, 4) is 0 Å². The smallest absolute Gasteiger partial charge is 0.0125 e. The fraction of sp³-hybridized carbons (Fsp3) is 1.00. The first kappa shape index (κ1) is 18.2. The van der Waals surface area contributed by atoms with Crippen LogP contribution in [0.2, 0.25) is 0 Å². The van der Waals surface area contributed by atoms with Gasteiger partial charge in [0, 0.05) is 37.8 Å². The number of likely N-dealkylation sites (N-methyl/N-ethyl adjacent to an activating group) is 1. The maximum absolute atomic E-state index is 2.72. The van der Waals surface area contributed by atoms with Gasteiger partial charge in [-0.3, -0.25) is 9.80 Å². The Morgan fingerprint density at radius 1 is 0.955 bits per heavy atom. The predicted octanol–water partition coefficient (Wildman–Crippen LogP) is 3.30. The minimum Gasteiger partial charge on any atom is -0.301 e.